The van der Waals surface area contributed by atoms with E-state index >= 15 is 0 Å². The van der Waals surface area contributed by atoms with Crippen molar-refractivity contribution >= 4 is 11.9 Å². The summed E-state index contributed by atoms with van der Waals surface area (Å²) < 4.78 is 5.33. The molecule has 1 aliphatic rings. The molecule has 0 saturated heterocycles. The van der Waals surface area contributed by atoms with Gasteiger partial charge in [0.1, 0.15) is 0 Å². The third-order valence-corrected chi connectivity index (χ3v) is 6.02. The minimum absolute atomic E-state index is 0. The topological polar surface area (TPSA) is 66.4 Å². The van der Waals surface area contributed by atoms with Crippen LogP contribution in [0.3, 0.4) is 0 Å². The van der Waals surface area contributed by atoms with Crippen molar-refractivity contribution in [3.8, 4) is 0 Å². The number of carboxylic acids is 1. The zero-order valence-corrected chi connectivity index (χ0v) is 21.7. The summed E-state index contributed by atoms with van der Waals surface area (Å²) in [6.07, 6.45) is 23.6. The quantitative estimate of drug-likeness (QED) is 0.154. The molecule has 0 heterocycles. The third-order valence-electron chi connectivity index (χ3n) is 6.02. The molecule has 168 valence electrons. The molecule has 1 fully saturated rings. The first-order chi connectivity index (χ1) is 14.2. The van der Waals surface area contributed by atoms with Crippen LogP contribution < -0.4 is 34.7 Å². The molecule has 0 bridgehead atoms. The van der Waals surface area contributed by atoms with Gasteiger partial charge in [0.05, 0.1) is 12.5 Å². The van der Waals surface area contributed by atoms with E-state index in [4.69, 9.17) is 4.74 Å². The largest absolute Gasteiger partial charge is 1.00 e. The third kappa shape index (κ3) is 14.6. The molecule has 1 saturated carbocycles. The summed E-state index contributed by atoms with van der Waals surface area (Å²) in [5.74, 6) is -2.61. The van der Waals surface area contributed by atoms with E-state index < -0.39 is 17.8 Å². The van der Waals surface area contributed by atoms with Gasteiger partial charge in [-0.3, -0.25) is 4.79 Å². The zero-order chi connectivity index (χ0) is 21.2. The van der Waals surface area contributed by atoms with Crippen molar-refractivity contribution in [1.82, 2.24) is 0 Å². The molecule has 0 aromatic carbocycles. The fourth-order valence-corrected chi connectivity index (χ4v) is 4.15. The van der Waals surface area contributed by atoms with Gasteiger partial charge < -0.3 is 14.6 Å². The molecule has 1 aliphatic carbocycles. The van der Waals surface area contributed by atoms with E-state index in [-0.39, 0.29) is 35.5 Å². The monoisotopic (exact) mass is 430 g/mol. The van der Waals surface area contributed by atoms with Gasteiger partial charge in [-0.1, -0.05) is 83.3 Å². The van der Waals surface area contributed by atoms with Gasteiger partial charge in [0.15, 0.2) is 0 Å². The van der Waals surface area contributed by atoms with E-state index in [1.54, 1.807) is 0 Å². The minimum atomic E-state index is -1.10. The number of ether oxygens (including phenoxy) is 1. The van der Waals surface area contributed by atoms with Crippen LogP contribution in [0.25, 0.3) is 0 Å². The molecule has 0 aliphatic heterocycles. The second-order valence-electron chi connectivity index (χ2n) is 8.57. The van der Waals surface area contributed by atoms with Crippen LogP contribution >= 0.6 is 0 Å². The van der Waals surface area contributed by atoms with Crippen LogP contribution in [-0.4, -0.2) is 18.5 Å². The molecule has 0 amide bonds. The molecule has 0 spiro atoms. The number of carbonyl (C=O) groups excluding carboxylic acids is 2. The molecule has 5 heteroatoms. The summed E-state index contributed by atoms with van der Waals surface area (Å²) in [7, 11) is 0. The van der Waals surface area contributed by atoms with Crippen molar-refractivity contribution < 1.29 is 49.0 Å². The van der Waals surface area contributed by atoms with Gasteiger partial charge in [-0.2, -0.15) is 0 Å². The van der Waals surface area contributed by atoms with Crippen molar-refractivity contribution in [1.29, 1.82) is 0 Å². The van der Waals surface area contributed by atoms with Gasteiger partial charge in [0.25, 0.3) is 0 Å². The molecule has 0 N–H and O–H groups in total. The normalized spacial score (nSPS) is 18.8. The van der Waals surface area contributed by atoms with Crippen molar-refractivity contribution in [3.05, 3.63) is 12.2 Å². The van der Waals surface area contributed by atoms with E-state index in [0.29, 0.717) is 19.4 Å². The number of hydrogen-bond donors (Lipinski definition) is 0. The minimum Gasteiger partial charge on any atom is -0.550 e. The zero-order valence-electron chi connectivity index (χ0n) is 19.7. The van der Waals surface area contributed by atoms with Crippen LogP contribution in [0.1, 0.15) is 116 Å². The SMILES string of the molecule is CCCCCCCC/C=C/CCCCCCCOC(=O)C1CCCCC1C(=O)[O-].[Na+]. The fourth-order valence-electron chi connectivity index (χ4n) is 4.15. The maximum atomic E-state index is 12.1. The number of carboxylic acid groups (broad SMARTS) is 1. The van der Waals surface area contributed by atoms with Gasteiger partial charge in [0.2, 0.25) is 0 Å². The summed E-state index contributed by atoms with van der Waals surface area (Å²) in [6.45, 7) is 2.67. The first-order valence-corrected chi connectivity index (χ1v) is 12.2. The number of allylic oxidation sites excluding steroid dienone is 2. The fraction of sp³-hybridized carbons (Fsp3) is 0.840. The van der Waals surface area contributed by atoms with Gasteiger partial charge in [-0.05, 0) is 44.9 Å². The average Bonchev–Trinajstić information content (AvgIpc) is 2.73. The Morgan fingerprint density at radius 3 is 1.87 bits per heavy atom. The van der Waals surface area contributed by atoms with Gasteiger partial charge in [-0.25, -0.2) is 0 Å². The number of aliphatic carboxylic acids is 1. The summed E-state index contributed by atoms with van der Waals surface area (Å²) in [5, 5.41) is 11.2. The number of unbranched alkanes of at least 4 members (excludes halogenated alkanes) is 11. The van der Waals surface area contributed by atoms with E-state index in [9.17, 15) is 14.7 Å². The second kappa shape index (κ2) is 20.6. The van der Waals surface area contributed by atoms with E-state index in [1.807, 2.05) is 0 Å². The van der Waals surface area contributed by atoms with Gasteiger partial charge >= 0.3 is 35.5 Å². The molecular weight excluding hydrogens is 387 g/mol. The van der Waals surface area contributed by atoms with Crippen LogP contribution in [0, 0.1) is 11.8 Å². The Labute approximate surface area is 206 Å². The van der Waals surface area contributed by atoms with Crippen LogP contribution in [0.15, 0.2) is 12.2 Å². The van der Waals surface area contributed by atoms with Crippen LogP contribution in [0.5, 0.6) is 0 Å². The molecule has 1 rings (SSSR count). The Balaban J connectivity index is 0.00000841. The Morgan fingerprint density at radius 2 is 1.30 bits per heavy atom. The Bertz CT molecular complexity index is 464. The van der Waals surface area contributed by atoms with Crippen LogP contribution in [-0.2, 0) is 14.3 Å². The maximum absolute atomic E-state index is 12.1. The van der Waals surface area contributed by atoms with Crippen molar-refractivity contribution in [2.75, 3.05) is 6.61 Å². The second-order valence-corrected chi connectivity index (χ2v) is 8.57. The predicted octanol–water partition coefficient (Wildman–Crippen LogP) is 2.74. The van der Waals surface area contributed by atoms with Crippen molar-refractivity contribution in [2.24, 2.45) is 11.8 Å². The molecule has 4 nitrogen and oxygen atoms in total. The standard InChI is InChI=1S/C25H44O4.Na/c1-2-3-4-5-6-7-8-9-10-11-12-13-14-15-18-21-29-25(28)23-20-17-16-19-22(23)24(26)27;/h9-10,22-23H,2-8,11-21H2,1H3,(H,26,27);/q;+1/p-1/b10-9+;. The molecule has 0 aromatic rings. The summed E-state index contributed by atoms with van der Waals surface area (Å²) in [4.78, 5) is 23.3. The Hall–Kier alpha value is -0.320. The predicted molar refractivity (Wildman–Crippen MR) is 116 cm³/mol. The first kappa shape index (κ1) is 29.7. The summed E-state index contributed by atoms with van der Waals surface area (Å²) >= 11 is 0. The van der Waals surface area contributed by atoms with E-state index in [2.05, 4.69) is 19.1 Å². The molecule has 0 radical (unpaired) electrons. The Morgan fingerprint density at radius 1 is 0.800 bits per heavy atom. The van der Waals surface area contributed by atoms with Gasteiger partial charge in [-0.15, -0.1) is 0 Å². The Kier molecular flexibility index (Phi) is 20.4. The number of hydrogen-bond acceptors (Lipinski definition) is 4. The van der Waals surface area contributed by atoms with Crippen LogP contribution in [0.2, 0.25) is 0 Å². The molecule has 2 atom stereocenters. The van der Waals surface area contributed by atoms with Gasteiger partial charge in [0, 0.05) is 11.9 Å². The summed E-state index contributed by atoms with van der Waals surface area (Å²) in [5.41, 5.74) is 0. The molecule has 30 heavy (non-hydrogen) atoms. The number of carbonyl (C=O) groups is 2. The number of rotatable bonds is 17. The van der Waals surface area contributed by atoms with Crippen LogP contribution in [0.4, 0.5) is 0 Å². The summed E-state index contributed by atoms with van der Waals surface area (Å²) in [6, 6.07) is 0. The maximum Gasteiger partial charge on any atom is 1.00 e. The first-order valence-electron chi connectivity index (χ1n) is 12.2. The van der Waals surface area contributed by atoms with E-state index in [1.165, 1.54) is 57.8 Å². The smallest absolute Gasteiger partial charge is 0.550 e. The molecule has 0 aromatic heterocycles. The average molecular weight is 431 g/mol. The molecule has 2 unspecified atom stereocenters. The number of esters is 1. The van der Waals surface area contributed by atoms with E-state index in [0.717, 1.165) is 38.5 Å². The van der Waals surface area contributed by atoms with Crippen molar-refractivity contribution in [2.45, 2.75) is 116 Å². The van der Waals surface area contributed by atoms with Crippen molar-refractivity contribution in [3.63, 3.8) is 0 Å². The molecular formula is C25H43NaO4.